The van der Waals surface area contributed by atoms with E-state index >= 15 is 0 Å². The molecule has 0 bridgehead atoms. The third-order valence-electron chi connectivity index (χ3n) is 5.80. The first kappa shape index (κ1) is 26.2. The molecule has 1 aromatic heterocycles. The molecule has 194 valence electrons. The zero-order valence-electron chi connectivity index (χ0n) is 21.5. The van der Waals surface area contributed by atoms with Gasteiger partial charge in [0.1, 0.15) is 5.75 Å². The lowest BCUT2D eigenvalue weighted by atomic mass is 9.96. The van der Waals surface area contributed by atoms with Crippen molar-refractivity contribution in [3.05, 3.63) is 84.5 Å². The quantitative estimate of drug-likeness (QED) is 0.455. The van der Waals surface area contributed by atoms with Crippen molar-refractivity contribution >= 4 is 23.4 Å². The fourth-order valence-electron chi connectivity index (χ4n) is 4.07. The van der Waals surface area contributed by atoms with Crippen LogP contribution in [0.1, 0.15) is 44.9 Å². The Morgan fingerprint density at radius 1 is 1.22 bits per heavy atom. The summed E-state index contributed by atoms with van der Waals surface area (Å²) >= 11 is 1.23. The Morgan fingerprint density at radius 2 is 1.95 bits per heavy atom. The highest BCUT2D eigenvalue weighted by Crippen LogP contribution is 2.32. The summed E-state index contributed by atoms with van der Waals surface area (Å²) in [7, 11) is 1.46. The number of rotatable bonds is 8. The van der Waals surface area contributed by atoms with Gasteiger partial charge in [-0.05, 0) is 61.2 Å². The number of thiazole rings is 1. The predicted molar refractivity (Wildman–Crippen MR) is 142 cm³/mol. The number of aromatic hydroxyl groups is 1. The smallest absolute Gasteiger partial charge is 0.338 e. The maximum absolute atomic E-state index is 13.7. The number of methoxy groups -OCH3 is 1. The predicted octanol–water partition coefficient (Wildman–Crippen LogP) is 3.55. The maximum Gasteiger partial charge on any atom is 0.338 e. The lowest BCUT2D eigenvalue weighted by Gasteiger charge is -2.25. The average molecular weight is 523 g/mol. The van der Waals surface area contributed by atoms with Crippen molar-refractivity contribution in [1.29, 1.82) is 0 Å². The largest absolute Gasteiger partial charge is 0.504 e. The topological polar surface area (TPSA) is 99.4 Å². The lowest BCUT2D eigenvalue weighted by molar-refractivity contribution is -0.140. The Hall–Kier alpha value is -3.85. The fraction of sp³-hybridized carbons (Fsp3) is 0.321. The van der Waals surface area contributed by atoms with Gasteiger partial charge in [0.15, 0.2) is 16.3 Å². The number of carbonyl (C=O) groups is 1. The molecule has 9 heteroatoms. The second kappa shape index (κ2) is 11.0. The van der Waals surface area contributed by atoms with Crippen molar-refractivity contribution in [2.75, 3.05) is 20.3 Å². The third kappa shape index (κ3) is 5.46. The molecule has 0 saturated heterocycles. The van der Waals surface area contributed by atoms with Gasteiger partial charge in [0.05, 0.1) is 42.2 Å². The molecule has 0 fully saturated rings. The van der Waals surface area contributed by atoms with E-state index in [1.807, 2.05) is 45.0 Å². The van der Waals surface area contributed by atoms with Crippen LogP contribution in [-0.4, -0.2) is 36.0 Å². The number of hydrogen-bond donors (Lipinski definition) is 1. The summed E-state index contributed by atoms with van der Waals surface area (Å²) in [5.41, 5.74) is 1.98. The van der Waals surface area contributed by atoms with Gasteiger partial charge in [-0.25, -0.2) is 9.79 Å². The van der Waals surface area contributed by atoms with Crippen LogP contribution in [0.25, 0.3) is 6.08 Å². The van der Waals surface area contributed by atoms with Gasteiger partial charge < -0.3 is 19.3 Å². The van der Waals surface area contributed by atoms with Gasteiger partial charge >= 0.3 is 5.97 Å². The number of carbonyl (C=O) groups excluding carboxylic acids is 1. The van der Waals surface area contributed by atoms with E-state index in [9.17, 15) is 14.7 Å². The van der Waals surface area contributed by atoms with E-state index in [1.54, 1.807) is 29.7 Å². The molecule has 1 aliphatic rings. The molecular formula is C28H30N2O6S. The molecule has 4 rings (SSSR count). The van der Waals surface area contributed by atoms with E-state index in [2.05, 4.69) is 4.99 Å². The van der Waals surface area contributed by atoms with Crippen molar-refractivity contribution in [2.45, 2.75) is 33.7 Å². The van der Waals surface area contributed by atoms with Crippen LogP contribution in [-0.2, 0) is 9.53 Å². The molecular weight excluding hydrogens is 492 g/mol. The SMILES string of the molecule is CCOc1ccc(C2C(C(=O)OCC(C)C)=C(C)N=c3sc(=Cc4ccc(O)c(OC)c4)c(=O)n32)cc1. The van der Waals surface area contributed by atoms with Crippen LogP contribution in [0.4, 0.5) is 0 Å². The normalized spacial score (nSPS) is 15.4. The van der Waals surface area contributed by atoms with Crippen LogP contribution in [0.15, 0.2) is 63.5 Å². The number of phenols is 1. The molecule has 1 aliphatic heterocycles. The Morgan fingerprint density at radius 3 is 2.59 bits per heavy atom. The summed E-state index contributed by atoms with van der Waals surface area (Å²) in [5.74, 6) is 0.685. The molecule has 3 aromatic rings. The number of phenolic OH excluding ortho intramolecular Hbond substituents is 1. The molecule has 2 aromatic carbocycles. The van der Waals surface area contributed by atoms with Gasteiger partial charge in [0, 0.05) is 0 Å². The molecule has 0 saturated carbocycles. The summed E-state index contributed by atoms with van der Waals surface area (Å²) in [4.78, 5) is 32.1. The number of aromatic nitrogens is 1. The lowest BCUT2D eigenvalue weighted by Crippen LogP contribution is -2.40. The van der Waals surface area contributed by atoms with Crippen molar-refractivity contribution in [2.24, 2.45) is 10.9 Å². The molecule has 0 radical (unpaired) electrons. The van der Waals surface area contributed by atoms with E-state index in [-0.39, 0.29) is 23.8 Å². The number of ether oxygens (including phenoxy) is 3. The minimum atomic E-state index is -0.705. The highest BCUT2D eigenvalue weighted by Gasteiger charge is 2.33. The van der Waals surface area contributed by atoms with Gasteiger partial charge in [0.2, 0.25) is 0 Å². The van der Waals surface area contributed by atoms with Crippen LogP contribution in [0.3, 0.4) is 0 Å². The molecule has 0 amide bonds. The summed E-state index contributed by atoms with van der Waals surface area (Å²) in [6.45, 7) is 8.39. The minimum Gasteiger partial charge on any atom is -0.504 e. The zero-order valence-corrected chi connectivity index (χ0v) is 22.3. The molecule has 37 heavy (non-hydrogen) atoms. The van der Waals surface area contributed by atoms with Crippen molar-refractivity contribution in [3.63, 3.8) is 0 Å². The Balaban J connectivity index is 1.88. The second-order valence-electron chi connectivity index (χ2n) is 9.01. The number of hydrogen-bond acceptors (Lipinski definition) is 8. The highest BCUT2D eigenvalue weighted by molar-refractivity contribution is 7.07. The van der Waals surface area contributed by atoms with E-state index < -0.39 is 12.0 Å². The van der Waals surface area contributed by atoms with E-state index in [4.69, 9.17) is 14.2 Å². The van der Waals surface area contributed by atoms with Crippen LogP contribution in [0.2, 0.25) is 0 Å². The van der Waals surface area contributed by atoms with Crippen LogP contribution < -0.4 is 24.4 Å². The average Bonchev–Trinajstić information content (AvgIpc) is 3.17. The molecule has 0 aliphatic carbocycles. The first-order valence-electron chi connectivity index (χ1n) is 12.0. The van der Waals surface area contributed by atoms with Gasteiger partial charge in [-0.2, -0.15) is 0 Å². The molecule has 0 spiro atoms. The third-order valence-corrected chi connectivity index (χ3v) is 6.78. The summed E-state index contributed by atoms with van der Waals surface area (Å²) < 4.78 is 18.3. The number of benzene rings is 2. The number of allylic oxidation sites excluding steroid dienone is 1. The highest BCUT2D eigenvalue weighted by atomic mass is 32.1. The monoisotopic (exact) mass is 522 g/mol. The molecule has 8 nitrogen and oxygen atoms in total. The second-order valence-corrected chi connectivity index (χ2v) is 10.0. The van der Waals surface area contributed by atoms with Gasteiger partial charge in [-0.3, -0.25) is 9.36 Å². The molecule has 2 heterocycles. The molecule has 1 unspecified atom stereocenters. The minimum absolute atomic E-state index is 0.0109. The Kier molecular flexibility index (Phi) is 7.83. The molecule has 1 N–H and O–H groups in total. The maximum atomic E-state index is 13.7. The molecule has 1 atom stereocenters. The first-order chi connectivity index (χ1) is 17.7. The first-order valence-corrected chi connectivity index (χ1v) is 12.8. The summed E-state index contributed by atoms with van der Waals surface area (Å²) in [5, 5.41) is 9.92. The van der Waals surface area contributed by atoms with Gasteiger partial charge in [-0.1, -0.05) is 43.4 Å². The Labute approximate surface area is 218 Å². The zero-order chi connectivity index (χ0) is 26.7. The van der Waals surface area contributed by atoms with Crippen molar-refractivity contribution in [1.82, 2.24) is 4.57 Å². The number of nitrogens with zero attached hydrogens (tertiary/aromatic N) is 2. The van der Waals surface area contributed by atoms with E-state index in [0.717, 1.165) is 5.56 Å². The van der Waals surface area contributed by atoms with Gasteiger partial charge in [-0.15, -0.1) is 0 Å². The Bertz CT molecular complexity index is 1520. The van der Waals surface area contributed by atoms with Crippen LogP contribution in [0, 0.1) is 5.92 Å². The van der Waals surface area contributed by atoms with Crippen LogP contribution >= 0.6 is 11.3 Å². The summed E-state index contributed by atoms with van der Waals surface area (Å²) in [6, 6.07) is 11.5. The summed E-state index contributed by atoms with van der Waals surface area (Å²) in [6.07, 6.45) is 1.72. The number of esters is 1. The fourth-order valence-corrected chi connectivity index (χ4v) is 5.11. The van der Waals surface area contributed by atoms with E-state index in [1.165, 1.54) is 24.5 Å². The van der Waals surface area contributed by atoms with Crippen molar-refractivity contribution < 1.29 is 24.1 Å². The van der Waals surface area contributed by atoms with E-state index in [0.29, 0.717) is 44.3 Å². The number of fused-ring (bicyclic) bond motifs is 1. The van der Waals surface area contributed by atoms with Crippen molar-refractivity contribution in [3.8, 4) is 17.2 Å². The standard InChI is InChI=1S/C28H30N2O6S/c1-6-35-20-10-8-19(9-11-20)25-24(27(33)36-15-16(2)3)17(4)29-28-30(25)26(32)23(37-28)14-18-7-12-21(31)22(13-18)34-5/h7-14,16,25,31H,6,15H2,1-5H3. The van der Waals surface area contributed by atoms with Gasteiger partial charge in [0.25, 0.3) is 5.56 Å². The van der Waals surface area contributed by atoms with Crippen LogP contribution in [0.5, 0.6) is 17.2 Å².